The van der Waals surface area contributed by atoms with Crippen molar-refractivity contribution in [2.75, 3.05) is 0 Å². The first kappa shape index (κ1) is 9.58. The first-order valence-electron chi connectivity index (χ1n) is 5.58. The fraction of sp³-hybridized carbons (Fsp3) is 0.385. The van der Waals surface area contributed by atoms with E-state index in [1.54, 1.807) is 0 Å². The van der Waals surface area contributed by atoms with Crippen LogP contribution in [0.5, 0.6) is 0 Å². The third kappa shape index (κ3) is 1.62. The van der Waals surface area contributed by atoms with Crippen LogP contribution in [0.1, 0.15) is 42.2 Å². The van der Waals surface area contributed by atoms with E-state index < -0.39 is 11.9 Å². The first-order chi connectivity index (χ1) is 7.74. The van der Waals surface area contributed by atoms with Gasteiger partial charge in [-0.3, -0.25) is 9.59 Å². The van der Waals surface area contributed by atoms with Crippen LogP contribution in [0.4, 0.5) is 0 Å². The van der Waals surface area contributed by atoms with Gasteiger partial charge in [0, 0.05) is 0 Å². The molecule has 0 N–H and O–H groups in total. The third-order valence-corrected chi connectivity index (χ3v) is 3.26. The maximum Gasteiger partial charge on any atom is 0.321 e. The van der Waals surface area contributed by atoms with Gasteiger partial charge in [-0.05, 0) is 29.9 Å². The van der Waals surface area contributed by atoms with Gasteiger partial charge in [0.15, 0.2) is 0 Å². The van der Waals surface area contributed by atoms with E-state index in [1.165, 1.54) is 18.4 Å². The van der Waals surface area contributed by atoms with Gasteiger partial charge in [0.25, 0.3) is 0 Å². The number of rotatable bonds is 2. The lowest BCUT2D eigenvalue weighted by atomic mass is 9.96. The van der Waals surface area contributed by atoms with Crippen molar-refractivity contribution in [2.24, 2.45) is 0 Å². The Morgan fingerprint density at radius 2 is 1.62 bits per heavy atom. The highest BCUT2D eigenvalue weighted by Gasteiger charge is 2.34. The highest BCUT2D eigenvalue weighted by Crippen LogP contribution is 2.40. The van der Waals surface area contributed by atoms with E-state index in [-0.39, 0.29) is 12.3 Å². The average Bonchev–Trinajstić information content (AvgIpc) is 3.05. The van der Waals surface area contributed by atoms with E-state index >= 15 is 0 Å². The summed E-state index contributed by atoms with van der Waals surface area (Å²) in [7, 11) is 0. The molecule has 1 aliphatic heterocycles. The number of carbonyl (C=O) groups is 2. The molecule has 3 nitrogen and oxygen atoms in total. The Labute approximate surface area is 93.4 Å². The molecule has 0 aromatic heterocycles. The van der Waals surface area contributed by atoms with Gasteiger partial charge in [0.1, 0.15) is 0 Å². The molecule has 82 valence electrons. The summed E-state index contributed by atoms with van der Waals surface area (Å²) in [6, 6.07) is 8.00. The summed E-state index contributed by atoms with van der Waals surface area (Å²) in [5, 5.41) is 0. The van der Waals surface area contributed by atoms with Gasteiger partial charge in [0.2, 0.25) is 0 Å². The molecule has 0 bridgehead atoms. The molecule has 1 aromatic carbocycles. The van der Waals surface area contributed by atoms with Crippen molar-refractivity contribution in [3.63, 3.8) is 0 Å². The Morgan fingerprint density at radius 1 is 1.00 bits per heavy atom. The standard InChI is InChI=1S/C13H12O3/c14-12-7-11(13(15)16-12)10-5-3-9(4-6-10)8-1-2-8/h3-6,8,11H,1-2,7H2. The Kier molecular flexibility index (Phi) is 2.06. The van der Waals surface area contributed by atoms with E-state index in [4.69, 9.17) is 0 Å². The van der Waals surface area contributed by atoms with Crippen LogP contribution in [0.15, 0.2) is 24.3 Å². The monoisotopic (exact) mass is 216 g/mol. The van der Waals surface area contributed by atoms with Crippen molar-refractivity contribution < 1.29 is 14.3 Å². The third-order valence-electron chi connectivity index (χ3n) is 3.26. The summed E-state index contributed by atoms with van der Waals surface area (Å²) in [5.41, 5.74) is 2.22. The van der Waals surface area contributed by atoms with Crippen molar-refractivity contribution in [1.82, 2.24) is 0 Å². The van der Waals surface area contributed by atoms with Crippen molar-refractivity contribution in [3.05, 3.63) is 35.4 Å². The molecular formula is C13H12O3. The van der Waals surface area contributed by atoms with Crippen molar-refractivity contribution in [2.45, 2.75) is 31.1 Å². The number of cyclic esters (lactones) is 2. The van der Waals surface area contributed by atoms with Crippen LogP contribution in [0.25, 0.3) is 0 Å². The van der Waals surface area contributed by atoms with E-state index in [0.717, 1.165) is 5.56 Å². The normalized spacial score (nSPS) is 24.6. The molecule has 0 spiro atoms. The molecule has 1 saturated heterocycles. The quantitative estimate of drug-likeness (QED) is 0.561. The van der Waals surface area contributed by atoms with Crippen LogP contribution in [-0.2, 0) is 14.3 Å². The van der Waals surface area contributed by atoms with Gasteiger partial charge in [-0.15, -0.1) is 0 Å². The van der Waals surface area contributed by atoms with Gasteiger partial charge >= 0.3 is 11.9 Å². The summed E-state index contributed by atoms with van der Waals surface area (Å²) in [6.07, 6.45) is 2.72. The number of benzene rings is 1. The molecular weight excluding hydrogens is 204 g/mol. The van der Waals surface area contributed by atoms with Crippen LogP contribution in [0.2, 0.25) is 0 Å². The largest absolute Gasteiger partial charge is 0.393 e. The molecule has 1 unspecified atom stereocenters. The molecule has 1 aliphatic carbocycles. The van der Waals surface area contributed by atoms with E-state index in [9.17, 15) is 9.59 Å². The molecule has 2 fully saturated rings. The number of esters is 2. The number of ether oxygens (including phenoxy) is 1. The lowest BCUT2D eigenvalue weighted by Crippen LogP contribution is -2.05. The summed E-state index contributed by atoms with van der Waals surface area (Å²) in [5.74, 6) is -0.502. The summed E-state index contributed by atoms with van der Waals surface area (Å²) < 4.78 is 4.54. The minimum Gasteiger partial charge on any atom is -0.393 e. The fourth-order valence-electron chi connectivity index (χ4n) is 2.15. The molecule has 0 amide bonds. The topological polar surface area (TPSA) is 43.4 Å². The van der Waals surface area contributed by atoms with Crippen LogP contribution in [-0.4, -0.2) is 11.9 Å². The van der Waals surface area contributed by atoms with Gasteiger partial charge in [0.05, 0.1) is 12.3 Å². The first-order valence-corrected chi connectivity index (χ1v) is 5.58. The predicted molar refractivity (Wildman–Crippen MR) is 56.9 cm³/mol. The van der Waals surface area contributed by atoms with Crippen LogP contribution >= 0.6 is 0 Å². The second kappa shape index (κ2) is 3.44. The number of hydrogen-bond acceptors (Lipinski definition) is 3. The predicted octanol–water partition coefficient (Wildman–Crippen LogP) is 2.12. The molecule has 1 atom stereocenters. The van der Waals surface area contributed by atoms with Gasteiger partial charge < -0.3 is 4.74 Å². The van der Waals surface area contributed by atoms with Crippen molar-refractivity contribution >= 4 is 11.9 Å². The minimum atomic E-state index is -0.415. The zero-order chi connectivity index (χ0) is 11.1. The maximum absolute atomic E-state index is 11.4. The second-order valence-corrected chi connectivity index (χ2v) is 4.49. The van der Waals surface area contributed by atoms with E-state index in [0.29, 0.717) is 5.92 Å². The highest BCUT2D eigenvalue weighted by molar-refractivity contribution is 5.97. The van der Waals surface area contributed by atoms with Crippen LogP contribution in [0.3, 0.4) is 0 Å². The summed E-state index contributed by atoms with van der Waals surface area (Å²) in [4.78, 5) is 22.4. The molecule has 3 rings (SSSR count). The highest BCUT2D eigenvalue weighted by atomic mass is 16.6. The molecule has 16 heavy (non-hydrogen) atoms. The Balaban J connectivity index is 1.83. The molecule has 2 aliphatic rings. The molecule has 0 radical (unpaired) electrons. The lowest BCUT2D eigenvalue weighted by molar-refractivity contribution is -0.152. The maximum atomic E-state index is 11.4. The molecule has 1 aromatic rings. The van der Waals surface area contributed by atoms with Gasteiger partial charge in [-0.25, -0.2) is 0 Å². The second-order valence-electron chi connectivity index (χ2n) is 4.49. The SMILES string of the molecule is O=C1CC(c2ccc(C3CC3)cc2)C(=O)O1. The fourth-order valence-corrected chi connectivity index (χ4v) is 2.15. The molecule has 3 heteroatoms. The van der Waals surface area contributed by atoms with E-state index in [2.05, 4.69) is 16.9 Å². The molecule has 1 saturated carbocycles. The van der Waals surface area contributed by atoms with E-state index in [1.807, 2.05) is 12.1 Å². The van der Waals surface area contributed by atoms with Crippen LogP contribution in [0, 0.1) is 0 Å². The Morgan fingerprint density at radius 3 is 2.12 bits per heavy atom. The summed E-state index contributed by atoms with van der Waals surface area (Å²) in [6.45, 7) is 0. The minimum absolute atomic E-state index is 0.182. The Bertz CT molecular complexity index is 443. The molecule has 1 heterocycles. The number of carbonyl (C=O) groups excluding carboxylic acids is 2. The van der Waals surface area contributed by atoms with Crippen molar-refractivity contribution in [3.8, 4) is 0 Å². The smallest absolute Gasteiger partial charge is 0.321 e. The van der Waals surface area contributed by atoms with Crippen LogP contribution < -0.4 is 0 Å². The lowest BCUT2D eigenvalue weighted by Gasteiger charge is -2.05. The zero-order valence-corrected chi connectivity index (χ0v) is 8.81. The van der Waals surface area contributed by atoms with Gasteiger partial charge in [-0.1, -0.05) is 24.3 Å². The average molecular weight is 216 g/mol. The summed E-state index contributed by atoms with van der Waals surface area (Å²) >= 11 is 0. The van der Waals surface area contributed by atoms with Crippen molar-refractivity contribution in [1.29, 1.82) is 0 Å². The zero-order valence-electron chi connectivity index (χ0n) is 8.81. The Hall–Kier alpha value is -1.64. The number of hydrogen-bond donors (Lipinski definition) is 0. The van der Waals surface area contributed by atoms with Gasteiger partial charge in [-0.2, -0.15) is 0 Å².